The summed E-state index contributed by atoms with van der Waals surface area (Å²) < 4.78 is 5.70. The molecule has 142 valence electrons. The number of para-hydroxylation sites is 1. The monoisotopic (exact) mass is 394 g/mol. The van der Waals surface area contributed by atoms with Crippen molar-refractivity contribution in [2.45, 2.75) is 13.0 Å². The zero-order chi connectivity index (χ0) is 19.8. The fourth-order valence-electron chi connectivity index (χ4n) is 2.45. The second-order valence-corrected chi connectivity index (χ2v) is 6.50. The molecule has 0 saturated heterocycles. The zero-order valence-electron chi connectivity index (χ0n) is 15.0. The Labute approximate surface area is 168 Å². The van der Waals surface area contributed by atoms with Crippen molar-refractivity contribution in [3.05, 3.63) is 89.4 Å². The van der Waals surface area contributed by atoms with Gasteiger partial charge in [0, 0.05) is 17.3 Å². The van der Waals surface area contributed by atoms with Gasteiger partial charge in [0.1, 0.15) is 17.9 Å². The van der Waals surface area contributed by atoms with E-state index in [9.17, 15) is 9.59 Å². The van der Waals surface area contributed by atoms with E-state index in [1.807, 2.05) is 42.5 Å². The molecule has 0 spiro atoms. The Kier molecular flexibility index (Phi) is 6.65. The third kappa shape index (κ3) is 6.14. The topological polar surface area (TPSA) is 67.4 Å². The minimum absolute atomic E-state index is 0.254. The summed E-state index contributed by atoms with van der Waals surface area (Å²) in [4.78, 5) is 24.0. The van der Waals surface area contributed by atoms with Crippen LogP contribution in [0.3, 0.4) is 0 Å². The summed E-state index contributed by atoms with van der Waals surface area (Å²) in [5, 5.41) is 6.04. The highest BCUT2D eigenvalue weighted by Crippen LogP contribution is 2.22. The standard InChI is InChI=1S/C22H19ClN2O3/c23-17-8-6-16(7-9-17)15-24-21(26)14-22(27)25-18-10-12-20(13-11-18)28-19-4-2-1-3-5-19/h1-13H,14-15H2,(H,24,26)(H,25,27). The molecule has 2 amide bonds. The average Bonchev–Trinajstić information content (AvgIpc) is 2.70. The van der Waals surface area contributed by atoms with E-state index in [1.165, 1.54) is 0 Å². The third-order valence-electron chi connectivity index (χ3n) is 3.84. The van der Waals surface area contributed by atoms with Crippen LogP contribution in [0.5, 0.6) is 11.5 Å². The van der Waals surface area contributed by atoms with Crippen molar-refractivity contribution < 1.29 is 14.3 Å². The molecule has 5 nitrogen and oxygen atoms in total. The van der Waals surface area contributed by atoms with E-state index in [-0.39, 0.29) is 18.2 Å². The van der Waals surface area contributed by atoms with Gasteiger partial charge in [-0.2, -0.15) is 0 Å². The van der Waals surface area contributed by atoms with Crippen LogP contribution < -0.4 is 15.4 Å². The van der Waals surface area contributed by atoms with E-state index in [0.717, 1.165) is 11.3 Å². The molecule has 3 aromatic carbocycles. The Morgan fingerprint density at radius 2 is 1.43 bits per heavy atom. The van der Waals surface area contributed by atoms with Crippen molar-refractivity contribution in [3.63, 3.8) is 0 Å². The van der Waals surface area contributed by atoms with Gasteiger partial charge in [0.2, 0.25) is 11.8 Å². The molecule has 3 aromatic rings. The second-order valence-electron chi connectivity index (χ2n) is 6.07. The number of carbonyl (C=O) groups is 2. The van der Waals surface area contributed by atoms with Crippen LogP contribution in [0.15, 0.2) is 78.9 Å². The van der Waals surface area contributed by atoms with Crippen LogP contribution in [0, 0.1) is 0 Å². The lowest BCUT2D eigenvalue weighted by Crippen LogP contribution is -2.27. The van der Waals surface area contributed by atoms with Crippen LogP contribution >= 0.6 is 11.6 Å². The van der Waals surface area contributed by atoms with Gasteiger partial charge in [-0.1, -0.05) is 41.9 Å². The number of rotatable bonds is 7. The number of benzene rings is 3. The lowest BCUT2D eigenvalue weighted by molar-refractivity contribution is -0.126. The van der Waals surface area contributed by atoms with Crippen LogP contribution in [-0.2, 0) is 16.1 Å². The van der Waals surface area contributed by atoms with E-state index >= 15 is 0 Å². The van der Waals surface area contributed by atoms with Gasteiger partial charge in [-0.3, -0.25) is 9.59 Å². The highest BCUT2D eigenvalue weighted by atomic mass is 35.5. The second kappa shape index (κ2) is 9.58. The van der Waals surface area contributed by atoms with Crippen molar-refractivity contribution in [3.8, 4) is 11.5 Å². The first-order valence-electron chi connectivity index (χ1n) is 8.72. The van der Waals surface area contributed by atoms with Crippen LogP contribution in [0.1, 0.15) is 12.0 Å². The fourth-order valence-corrected chi connectivity index (χ4v) is 2.57. The molecule has 6 heteroatoms. The first kappa shape index (κ1) is 19.5. The van der Waals surface area contributed by atoms with Gasteiger partial charge < -0.3 is 15.4 Å². The first-order valence-corrected chi connectivity index (χ1v) is 9.10. The summed E-state index contributed by atoms with van der Waals surface area (Å²) >= 11 is 5.82. The molecule has 0 aliphatic carbocycles. The molecule has 2 N–H and O–H groups in total. The van der Waals surface area contributed by atoms with Crippen LogP contribution in [0.25, 0.3) is 0 Å². The molecule has 0 atom stereocenters. The smallest absolute Gasteiger partial charge is 0.233 e. The number of halogens is 1. The molecule has 0 aromatic heterocycles. The van der Waals surface area contributed by atoms with Gasteiger partial charge in [0.15, 0.2) is 0 Å². The maximum Gasteiger partial charge on any atom is 0.233 e. The summed E-state index contributed by atoms with van der Waals surface area (Å²) in [6.45, 7) is 0.342. The van der Waals surface area contributed by atoms with E-state index in [2.05, 4.69) is 10.6 Å². The van der Waals surface area contributed by atoms with Gasteiger partial charge in [0.25, 0.3) is 0 Å². The number of hydrogen-bond donors (Lipinski definition) is 2. The minimum atomic E-state index is -0.384. The molecule has 3 rings (SSSR count). The lowest BCUT2D eigenvalue weighted by atomic mass is 10.2. The van der Waals surface area contributed by atoms with Crippen LogP contribution in [0.4, 0.5) is 5.69 Å². The molecular formula is C22H19ClN2O3. The van der Waals surface area contributed by atoms with Gasteiger partial charge in [0.05, 0.1) is 0 Å². The van der Waals surface area contributed by atoms with E-state index < -0.39 is 0 Å². The minimum Gasteiger partial charge on any atom is -0.457 e. The van der Waals surface area contributed by atoms with Crippen molar-refractivity contribution >= 4 is 29.1 Å². The molecule has 28 heavy (non-hydrogen) atoms. The molecule has 0 aliphatic heterocycles. The molecule has 0 heterocycles. The predicted octanol–water partition coefficient (Wildman–Crippen LogP) is 4.78. The average molecular weight is 395 g/mol. The van der Waals surface area contributed by atoms with Crippen molar-refractivity contribution in [2.24, 2.45) is 0 Å². The van der Waals surface area contributed by atoms with Crippen LogP contribution in [-0.4, -0.2) is 11.8 Å². The van der Waals surface area contributed by atoms with Gasteiger partial charge in [-0.05, 0) is 54.1 Å². The Balaban J connectivity index is 1.44. The molecule has 0 bridgehead atoms. The zero-order valence-corrected chi connectivity index (χ0v) is 15.8. The summed E-state index contributed by atoms with van der Waals surface area (Å²) in [7, 11) is 0. The number of ether oxygens (including phenoxy) is 1. The Morgan fingerprint density at radius 3 is 2.11 bits per heavy atom. The highest BCUT2D eigenvalue weighted by Gasteiger charge is 2.10. The van der Waals surface area contributed by atoms with Crippen molar-refractivity contribution in [2.75, 3.05) is 5.32 Å². The Morgan fingerprint density at radius 1 is 0.786 bits per heavy atom. The molecule has 0 unspecified atom stereocenters. The summed E-state index contributed by atoms with van der Waals surface area (Å²) in [6, 6.07) is 23.5. The summed E-state index contributed by atoms with van der Waals surface area (Å²) in [5.74, 6) is 0.656. The molecular weight excluding hydrogens is 376 g/mol. The largest absolute Gasteiger partial charge is 0.457 e. The normalized spacial score (nSPS) is 10.2. The summed E-state index contributed by atoms with van der Waals surface area (Å²) in [5.41, 5.74) is 1.50. The fraction of sp³-hybridized carbons (Fsp3) is 0.0909. The maximum absolute atomic E-state index is 12.0. The molecule has 0 aliphatic rings. The first-order chi connectivity index (χ1) is 13.6. The van der Waals surface area contributed by atoms with E-state index in [1.54, 1.807) is 36.4 Å². The predicted molar refractivity (Wildman–Crippen MR) is 110 cm³/mol. The van der Waals surface area contributed by atoms with Gasteiger partial charge in [-0.25, -0.2) is 0 Å². The molecule has 0 fully saturated rings. The maximum atomic E-state index is 12.0. The molecule has 0 radical (unpaired) electrons. The SMILES string of the molecule is O=C(CC(=O)Nc1ccc(Oc2ccccc2)cc1)NCc1ccc(Cl)cc1. The Hall–Kier alpha value is -3.31. The van der Waals surface area contributed by atoms with Gasteiger partial charge in [-0.15, -0.1) is 0 Å². The number of nitrogens with one attached hydrogen (secondary N) is 2. The number of carbonyl (C=O) groups excluding carboxylic acids is 2. The van der Waals surface area contributed by atoms with Crippen molar-refractivity contribution in [1.29, 1.82) is 0 Å². The van der Waals surface area contributed by atoms with Crippen LogP contribution in [0.2, 0.25) is 5.02 Å². The molecule has 0 saturated carbocycles. The van der Waals surface area contributed by atoms with Gasteiger partial charge >= 0.3 is 0 Å². The quantitative estimate of drug-likeness (QED) is 0.567. The number of amides is 2. The van der Waals surface area contributed by atoms with Crippen molar-refractivity contribution in [1.82, 2.24) is 5.32 Å². The Bertz CT molecular complexity index is 926. The lowest BCUT2D eigenvalue weighted by Gasteiger charge is -2.09. The number of hydrogen-bond acceptors (Lipinski definition) is 3. The van der Waals surface area contributed by atoms with E-state index in [4.69, 9.17) is 16.3 Å². The summed E-state index contributed by atoms with van der Waals surface area (Å²) in [6.07, 6.45) is -0.254. The third-order valence-corrected chi connectivity index (χ3v) is 4.09. The number of anilines is 1. The van der Waals surface area contributed by atoms with E-state index in [0.29, 0.717) is 23.0 Å². The highest BCUT2D eigenvalue weighted by molar-refractivity contribution is 6.30.